The van der Waals surface area contributed by atoms with Gasteiger partial charge in [-0.1, -0.05) is 0 Å². The maximum absolute atomic E-state index is 13.8. The molecular weight excluding hydrogens is 330 g/mol. The van der Waals surface area contributed by atoms with Crippen molar-refractivity contribution in [3.05, 3.63) is 0 Å². The van der Waals surface area contributed by atoms with Crippen LogP contribution in [-0.2, 0) is 9.53 Å². The van der Waals surface area contributed by atoms with Gasteiger partial charge in [-0.25, -0.2) is 13.6 Å². The van der Waals surface area contributed by atoms with E-state index >= 15 is 0 Å². The Morgan fingerprint density at radius 1 is 1.43 bits per heavy atom. The van der Waals surface area contributed by atoms with Crippen LogP contribution in [0.1, 0.15) is 47.0 Å². The molecule has 1 heterocycles. The van der Waals surface area contributed by atoms with Gasteiger partial charge in [0.15, 0.2) is 0 Å². The largest absolute Gasteiger partial charge is 0.444 e. The molecule has 8 heteroatoms. The molecule has 2 atom stereocenters. The number of nitrogens with one attached hydrogen (secondary N) is 1. The standard InChI is InChI=1S/C15H25ClF2N2O3/c1-10(16)5-6-12(21)19-11-7-15(17,18)9-20(8-11)13(22)23-14(2,3)4/h10-11H,5-9H2,1-4H3,(H,19,21)/t10?,11-/m1/s1. The molecule has 0 saturated carbocycles. The van der Waals surface area contributed by atoms with Gasteiger partial charge in [-0.05, 0) is 34.1 Å². The van der Waals surface area contributed by atoms with E-state index in [1.165, 1.54) is 0 Å². The highest BCUT2D eigenvalue weighted by molar-refractivity contribution is 6.20. The fourth-order valence-electron chi connectivity index (χ4n) is 2.29. The number of piperidine rings is 1. The summed E-state index contributed by atoms with van der Waals surface area (Å²) in [5.41, 5.74) is -0.765. The maximum atomic E-state index is 13.8. The van der Waals surface area contributed by atoms with Gasteiger partial charge in [-0.2, -0.15) is 0 Å². The van der Waals surface area contributed by atoms with E-state index in [1.807, 2.05) is 0 Å². The molecule has 23 heavy (non-hydrogen) atoms. The first-order chi connectivity index (χ1) is 10.4. The van der Waals surface area contributed by atoms with Crippen molar-refractivity contribution in [1.82, 2.24) is 10.2 Å². The summed E-state index contributed by atoms with van der Waals surface area (Å²) < 4.78 is 32.8. The number of hydrogen-bond donors (Lipinski definition) is 1. The lowest BCUT2D eigenvalue weighted by atomic mass is 10.0. The Morgan fingerprint density at radius 2 is 2.04 bits per heavy atom. The fourth-order valence-corrected chi connectivity index (χ4v) is 2.40. The number of ether oxygens (including phenoxy) is 1. The summed E-state index contributed by atoms with van der Waals surface area (Å²) in [5.74, 6) is -3.41. The Hall–Kier alpha value is -1.11. The smallest absolute Gasteiger partial charge is 0.410 e. The van der Waals surface area contributed by atoms with Crippen molar-refractivity contribution in [2.24, 2.45) is 0 Å². The van der Waals surface area contributed by atoms with E-state index in [1.54, 1.807) is 27.7 Å². The molecule has 0 aliphatic carbocycles. The zero-order valence-electron chi connectivity index (χ0n) is 14.0. The zero-order valence-corrected chi connectivity index (χ0v) is 14.8. The number of carbonyl (C=O) groups excluding carboxylic acids is 2. The fraction of sp³-hybridized carbons (Fsp3) is 0.867. The number of amides is 2. The molecule has 1 aliphatic rings. The second-order valence-corrected chi connectivity index (χ2v) is 7.75. The minimum atomic E-state index is -3.06. The number of rotatable bonds is 4. The van der Waals surface area contributed by atoms with Crippen LogP contribution >= 0.6 is 11.6 Å². The molecule has 1 saturated heterocycles. The topological polar surface area (TPSA) is 58.6 Å². The van der Waals surface area contributed by atoms with E-state index in [2.05, 4.69) is 5.32 Å². The number of carbonyl (C=O) groups is 2. The van der Waals surface area contributed by atoms with Crippen molar-refractivity contribution in [2.75, 3.05) is 13.1 Å². The summed E-state index contributed by atoms with van der Waals surface area (Å²) in [6.07, 6.45) is -0.662. The highest BCUT2D eigenvalue weighted by atomic mass is 35.5. The summed E-state index contributed by atoms with van der Waals surface area (Å²) in [4.78, 5) is 24.7. The Balaban J connectivity index is 2.64. The summed E-state index contributed by atoms with van der Waals surface area (Å²) in [5, 5.41) is 2.39. The van der Waals surface area contributed by atoms with Crippen LogP contribution in [0.15, 0.2) is 0 Å². The first kappa shape index (κ1) is 19.9. The average molecular weight is 355 g/mol. The molecule has 0 radical (unpaired) electrons. The molecule has 1 rings (SSSR count). The molecule has 0 spiro atoms. The summed E-state index contributed by atoms with van der Waals surface area (Å²) in [6.45, 7) is 6.06. The van der Waals surface area contributed by atoms with Crippen molar-refractivity contribution in [2.45, 2.75) is 69.9 Å². The molecule has 1 N–H and O–H groups in total. The minimum Gasteiger partial charge on any atom is -0.444 e. The average Bonchev–Trinajstić information content (AvgIpc) is 2.32. The Bertz CT molecular complexity index is 439. The van der Waals surface area contributed by atoms with Crippen LogP contribution in [0.25, 0.3) is 0 Å². The first-order valence-corrected chi connectivity index (χ1v) is 8.11. The quantitative estimate of drug-likeness (QED) is 0.789. The number of hydrogen-bond acceptors (Lipinski definition) is 3. The second-order valence-electron chi connectivity index (χ2n) is 7.00. The predicted octanol–water partition coefficient (Wildman–Crippen LogP) is 3.15. The van der Waals surface area contributed by atoms with Gasteiger partial charge in [0, 0.05) is 24.8 Å². The lowest BCUT2D eigenvalue weighted by Crippen LogP contribution is -2.57. The van der Waals surface area contributed by atoms with Gasteiger partial charge < -0.3 is 15.0 Å². The molecule has 0 aromatic carbocycles. The van der Waals surface area contributed by atoms with Gasteiger partial charge in [-0.3, -0.25) is 4.79 Å². The molecule has 1 aliphatic heterocycles. The van der Waals surface area contributed by atoms with Crippen molar-refractivity contribution >= 4 is 23.6 Å². The van der Waals surface area contributed by atoms with Crippen molar-refractivity contribution in [1.29, 1.82) is 0 Å². The molecule has 0 aromatic rings. The predicted molar refractivity (Wildman–Crippen MR) is 83.9 cm³/mol. The number of nitrogens with zero attached hydrogens (tertiary/aromatic N) is 1. The molecule has 1 unspecified atom stereocenters. The number of likely N-dealkylation sites (tertiary alicyclic amines) is 1. The summed E-state index contributed by atoms with van der Waals surface area (Å²) >= 11 is 5.77. The van der Waals surface area contributed by atoms with Crippen LogP contribution in [0.2, 0.25) is 0 Å². The van der Waals surface area contributed by atoms with Gasteiger partial charge in [0.05, 0.1) is 12.6 Å². The monoisotopic (exact) mass is 354 g/mol. The van der Waals surface area contributed by atoms with Gasteiger partial charge in [0.25, 0.3) is 5.92 Å². The van der Waals surface area contributed by atoms with Crippen molar-refractivity contribution in [3.63, 3.8) is 0 Å². The minimum absolute atomic E-state index is 0.00662. The van der Waals surface area contributed by atoms with E-state index in [-0.39, 0.29) is 24.2 Å². The van der Waals surface area contributed by atoms with Crippen molar-refractivity contribution < 1.29 is 23.1 Å². The van der Waals surface area contributed by atoms with E-state index < -0.39 is 36.6 Å². The van der Waals surface area contributed by atoms with Crippen molar-refractivity contribution in [3.8, 4) is 0 Å². The summed E-state index contributed by atoms with van der Waals surface area (Å²) in [7, 11) is 0. The lowest BCUT2D eigenvalue weighted by Gasteiger charge is -2.38. The first-order valence-electron chi connectivity index (χ1n) is 7.67. The third-order valence-electron chi connectivity index (χ3n) is 3.19. The summed E-state index contributed by atoms with van der Waals surface area (Å²) in [6, 6.07) is -0.801. The zero-order chi connectivity index (χ0) is 17.8. The highest BCUT2D eigenvalue weighted by Gasteiger charge is 2.43. The molecule has 5 nitrogen and oxygen atoms in total. The third kappa shape index (κ3) is 7.81. The Labute approximate surface area is 140 Å². The number of halogens is 3. The number of alkyl halides is 3. The van der Waals surface area contributed by atoms with Gasteiger partial charge >= 0.3 is 6.09 Å². The Morgan fingerprint density at radius 3 is 2.57 bits per heavy atom. The van der Waals surface area contributed by atoms with Crippen LogP contribution < -0.4 is 5.32 Å². The molecule has 134 valence electrons. The SMILES string of the molecule is CC(Cl)CCC(=O)N[C@H]1CN(C(=O)OC(C)(C)C)CC(F)(F)C1. The van der Waals surface area contributed by atoms with E-state index in [4.69, 9.17) is 16.3 Å². The maximum Gasteiger partial charge on any atom is 0.410 e. The van der Waals surface area contributed by atoms with E-state index in [0.717, 1.165) is 4.90 Å². The highest BCUT2D eigenvalue weighted by Crippen LogP contribution is 2.28. The molecular formula is C15H25ClF2N2O3. The molecule has 0 aromatic heterocycles. The molecule has 1 fully saturated rings. The van der Waals surface area contributed by atoms with Gasteiger partial charge in [0.1, 0.15) is 5.60 Å². The van der Waals surface area contributed by atoms with E-state index in [0.29, 0.717) is 6.42 Å². The van der Waals surface area contributed by atoms with Gasteiger partial charge in [-0.15, -0.1) is 11.6 Å². The van der Waals surface area contributed by atoms with Crippen LogP contribution in [0.5, 0.6) is 0 Å². The second kappa shape index (κ2) is 7.64. The van der Waals surface area contributed by atoms with Crippen LogP contribution in [0.4, 0.5) is 13.6 Å². The third-order valence-corrected chi connectivity index (χ3v) is 3.41. The molecule has 0 bridgehead atoms. The normalized spacial score (nSPS) is 22.4. The van der Waals surface area contributed by atoms with Crippen LogP contribution in [0, 0.1) is 0 Å². The van der Waals surface area contributed by atoms with Crippen LogP contribution in [0.3, 0.4) is 0 Å². The molecule has 2 amide bonds. The Kier molecular flexibility index (Phi) is 6.62. The van der Waals surface area contributed by atoms with Gasteiger partial charge in [0.2, 0.25) is 5.91 Å². The lowest BCUT2D eigenvalue weighted by molar-refractivity contribution is -0.124. The van der Waals surface area contributed by atoms with Crippen LogP contribution in [-0.4, -0.2) is 52.9 Å². The van der Waals surface area contributed by atoms with E-state index in [9.17, 15) is 18.4 Å².